The summed E-state index contributed by atoms with van der Waals surface area (Å²) in [6.07, 6.45) is 6.64. The van der Waals surface area contributed by atoms with Crippen LogP contribution in [0.5, 0.6) is 0 Å². The minimum Gasteiger partial charge on any atom is -0.389 e. The van der Waals surface area contributed by atoms with Crippen molar-refractivity contribution in [3.8, 4) is 0 Å². The van der Waals surface area contributed by atoms with Crippen molar-refractivity contribution < 1.29 is 9.84 Å². The highest BCUT2D eigenvalue weighted by Crippen LogP contribution is 2.49. The van der Waals surface area contributed by atoms with E-state index in [1.54, 1.807) is 0 Å². The summed E-state index contributed by atoms with van der Waals surface area (Å²) in [5, 5.41) is 13.1. The third-order valence-electron chi connectivity index (χ3n) is 4.70. The Morgan fingerprint density at radius 3 is 2.63 bits per heavy atom. The fourth-order valence-electron chi connectivity index (χ4n) is 3.67. The first-order valence-electron chi connectivity index (χ1n) is 7.95. The minimum atomic E-state index is -0.390. The second kappa shape index (κ2) is 6.55. The summed E-state index contributed by atoms with van der Waals surface area (Å²) < 4.78 is 5.64. The Balaban J connectivity index is 1.50. The van der Waals surface area contributed by atoms with Crippen LogP contribution in [0.3, 0.4) is 0 Å². The molecule has 0 heterocycles. The molecule has 2 bridgehead atoms. The first-order chi connectivity index (χ1) is 8.94. The summed E-state index contributed by atoms with van der Waals surface area (Å²) >= 11 is 0. The molecular formula is C16H31NO2. The van der Waals surface area contributed by atoms with Crippen LogP contribution in [0.2, 0.25) is 0 Å². The summed E-state index contributed by atoms with van der Waals surface area (Å²) in [7, 11) is 0. The summed E-state index contributed by atoms with van der Waals surface area (Å²) in [5.41, 5.74) is 0.0596. The van der Waals surface area contributed by atoms with Gasteiger partial charge in [-0.15, -0.1) is 0 Å². The molecule has 3 nitrogen and oxygen atoms in total. The Morgan fingerprint density at radius 2 is 2.05 bits per heavy atom. The zero-order valence-corrected chi connectivity index (χ0v) is 12.8. The molecule has 2 aliphatic carbocycles. The van der Waals surface area contributed by atoms with Crippen LogP contribution in [-0.2, 0) is 4.74 Å². The molecule has 19 heavy (non-hydrogen) atoms. The van der Waals surface area contributed by atoms with Crippen LogP contribution >= 0.6 is 0 Å². The lowest BCUT2D eigenvalue weighted by Gasteiger charge is -2.23. The molecule has 4 atom stereocenters. The molecule has 0 aromatic rings. The molecule has 2 N–H and O–H groups in total. The van der Waals surface area contributed by atoms with Crippen molar-refractivity contribution in [2.75, 3.05) is 19.8 Å². The molecule has 0 spiro atoms. The SMILES string of the molecule is CC(C)(C)NC[C@@H](O)COCC[C@H]1C[C@H]2CC[C@H]1C2. The molecule has 0 saturated heterocycles. The second-order valence-electron chi connectivity index (χ2n) is 7.58. The number of β-amino-alcohol motifs (C(OH)–C–C–N with tert-alkyl or cyclic N) is 1. The highest BCUT2D eigenvalue weighted by Gasteiger charge is 2.38. The van der Waals surface area contributed by atoms with E-state index in [2.05, 4.69) is 26.1 Å². The van der Waals surface area contributed by atoms with E-state index in [1.165, 1.54) is 32.1 Å². The monoisotopic (exact) mass is 269 g/mol. The fraction of sp³-hybridized carbons (Fsp3) is 1.00. The van der Waals surface area contributed by atoms with Crippen molar-refractivity contribution in [2.24, 2.45) is 17.8 Å². The lowest BCUT2D eigenvalue weighted by Crippen LogP contribution is -2.42. The van der Waals surface area contributed by atoms with Crippen LogP contribution in [0.4, 0.5) is 0 Å². The third kappa shape index (κ3) is 5.05. The zero-order valence-electron chi connectivity index (χ0n) is 12.8. The lowest BCUT2D eigenvalue weighted by atomic mass is 9.87. The Morgan fingerprint density at radius 1 is 1.26 bits per heavy atom. The van der Waals surface area contributed by atoms with Crippen LogP contribution in [0.25, 0.3) is 0 Å². The number of ether oxygens (including phenoxy) is 1. The van der Waals surface area contributed by atoms with Gasteiger partial charge in [-0.1, -0.05) is 6.42 Å². The van der Waals surface area contributed by atoms with E-state index in [-0.39, 0.29) is 11.6 Å². The predicted octanol–water partition coefficient (Wildman–Crippen LogP) is 2.58. The molecule has 0 aliphatic heterocycles. The van der Waals surface area contributed by atoms with Gasteiger partial charge in [-0.25, -0.2) is 0 Å². The smallest absolute Gasteiger partial charge is 0.0897 e. The van der Waals surface area contributed by atoms with Crippen molar-refractivity contribution in [3.63, 3.8) is 0 Å². The second-order valence-corrected chi connectivity index (χ2v) is 7.58. The van der Waals surface area contributed by atoms with E-state index >= 15 is 0 Å². The van der Waals surface area contributed by atoms with E-state index < -0.39 is 0 Å². The van der Waals surface area contributed by atoms with Gasteiger partial charge < -0.3 is 15.2 Å². The van der Waals surface area contributed by atoms with Gasteiger partial charge in [-0.05, 0) is 64.2 Å². The maximum Gasteiger partial charge on any atom is 0.0897 e. The number of aliphatic hydroxyl groups is 1. The topological polar surface area (TPSA) is 41.5 Å². The molecule has 112 valence electrons. The van der Waals surface area contributed by atoms with Crippen molar-refractivity contribution in [2.45, 2.75) is 64.5 Å². The van der Waals surface area contributed by atoms with Crippen LogP contribution in [0.1, 0.15) is 52.9 Å². The fourth-order valence-corrected chi connectivity index (χ4v) is 3.67. The quantitative estimate of drug-likeness (QED) is 0.698. The first-order valence-corrected chi connectivity index (χ1v) is 7.95. The molecule has 0 radical (unpaired) electrons. The van der Waals surface area contributed by atoms with Gasteiger partial charge in [0.25, 0.3) is 0 Å². The molecule has 2 fully saturated rings. The number of fused-ring (bicyclic) bond motifs is 2. The average Bonchev–Trinajstić information content (AvgIpc) is 2.93. The Labute approximate surface area is 118 Å². The summed E-state index contributed by atoms with van der Waals surface area (Å²) in [6.45, 7) is 8.21. The molecule has 2 saturated carbocycles. The Bertz CT molecular complexity index is 274. The minimum absolute atomic E-state index is 0.0596. The van der Waals surface area contributed by atoms with Gasteiger partial charge in [0.1, 0.15) is 0 Å². The van der Waals surface area contributed by atoms with Crippen molar-refractivity contribution in [1.82, 2.24) is 5.32 Å². The van der Waals surface area contributed by atoms with Gasteiger partial charge in [0.2, 0.25) is 0 Å². The molecule has 0 unspecified atom stereocenters. The van der Waals surface area contributed by atoms with E-state index in [0.717, 1.165) is 24.4 Å². The molecule has 0 aromatic carbocycles. The largest absolute Gasteiger partial charge is 0.389 e. The van der Waals surface area contributed by atoms with Gasteiger partial charge in [-0.3, -0.25) is 0 Å². The highest BCUT2D eigenvalue weighted by atomic mass is 16.5. The van der Waals surface area contributed by atoms with Crippen molar-refractivity contribution in [3.05, 3.63) is 0 Å². The van der Waals surface area contributed by atoms with Crippen molar-refractivity contribution in [1.29, 1.82) is 0 Å². The number of rotatable bonds is 7. The van der Waals surface area contributed by atoms with Crippen LogP contribution in [-0.4, -0.2) is 36.5 Å². The van der Waals surface area contributed by atoms with Crippen LogP contribution in [0.15, 0.2) is 0 Å². The lowest BCUT2D eigenvalue weighted by molar-refractivity contribution is 0.0265. The number of hydrogen-bond donors (Lipinski definition) is 2. The normalized spacial score (nSPS) is 31.9. The zero-order chi connectivity index (χ0) is 13.9. The van der Waals surface area contributed by atoms with Crippen molar-refractivity contribution >= 4 is 0 Å². The maximum atomic E-state index is 9.82. The molecular weight excluding hydrogens is 238 g/mol. The van der Waals surface area contributed by atoms with E-state index in [4.69, 9.17) is 4.74 Å². The van der Waals surface area contributed by atoms with Gasteiger partial charge in [0.05, 0.1) is 12.7 Å². The summed E-state index contributed by atoms with van der Waals surface area (Å²) in [6, 6.07) is 0. The molecule has 2 aliphatic rings. The molecule has 2 rings (SSSR count). The predicted molar refractivity (Wildman–Crippen MR) is 78.1 cm³/mol. The summed E-state index contributed by atoms with van der Waals surface area (Å²) in [5.74, 6) is 2.92. The molecule has 3 heteroatoms. The average molecular weight is 269 g/mol. The van der Waals surface area contributed by atoms with E-state index in [0.29, 0.717) is 13.2 Å². The van der Waals surface area contributed by atoms with E-state index in [9.17, 15) is 5.11 Å². The van der Waals surface area contributed by atoms with Gasteiger partial charge >= 0.3 is 0 Å². The summed E-state index contributed by atoms with van der Waals surface area (Å²) in [4.78, 5) is 0. The number of nitrogens with one attached hydrogen (secondary N) is 1. The Kier molecular flexibility index (Phi) is 5.27. The maximum absolute atomic E-state index is 9.82. The standard InChI is InChI=1S/C16H31NO2/c1-16(2,3)17-10-15(18)11-19-7-6-14-9-12-4-5-13(14)8-12/h12-15,17-18H,4-11H2,1-3H3/t12-,13-,14-,15+/m0/s1. The third-order valence-corrected chi connectivity index (χ3v) is 4.70. The molecule has 0 aromatic heterocycles. The highest BCUT2D eigenvalue weighted by molar-refractivity contribution is 4.89. The van der Waals surface area contributed by atoms with Gasteiger partial charge in [0.15, 0.2) is 0 Å². The Hall–Kier alpha value is -0.120. The number of aliphatic hydroxyl groups excluding tert-OH is 1. The van der Waals surface area contributed by atoms with E-state index in [1.807, 2.05) is 0 Å². The molecule has 0 amide bonds. The van der Waals surface area contributed by atoms with Crippen LogP contribution < -0.4 is 5.32 Å². The van der Waals surface area contributed by atoms with Crippen LogP contribution in [0, 0.1) is 17.8 Å². The number of hydrogen-bond acceptors (Lipinski definition) is 3. The van der Waals surface area contributed by atoms with Gasteiger partial charge in [0, 0.05) is 18.7 Å². The van der Waals surface area contributed by atoms with Gasteiger partial charge in [-0.2, -0.15) is 0 Å². The first kappa shape index (κ1) is 15.3.